The van der Waals surface area contributed by atoms with Gasteiger partial charge in [-0.3, -0.25) is 0 Å². The van der Waals surface area contributed by atoms with Crippen LogP contribution in [0.1, 0.15) is 5.69 Å². The Labute approximate surface area is 128 Å². The Kier molecular flexibility index (Phi) is 3.47. The smallest absolute Gasteiger partial charge is 0.176 e. The van der Waals surface area contributed by atoms with Gasteiger partial charge in [-0.15, -0.1) is 0 Å². The number of benzene rings is 2. The molecule has 0 aliphatic rings. The molecule has 22 heavy (non-hydrogen) atoms. The van der Waals surface area contributed by atoms with Crippen LogP contribution in [-0.4, -0.2) is 27.1 Å². The largest absolute Gasteiger partial charge is 0.504 e. The van der Waals surface area contributed by atoms with E-state index in [1.807, 2.05) is 30.3 Å². The fourth-order valence-electron chi connectivity index (χ4n) is 2.37. The van der Waals surface area contributed by atoms with E-state index in [0.29, 0.717) is 28.5 Å². The molecule has 0 spiro atoms. The zero-order chi connectivity index (χ0) is 15.7. The fourth-order valence-corrected chi connectivity index (χ4v) is 2.37. The topological polar surface area (TPSA) is 67.5 Å². The number of ether oxygens (including phenoxy) is 1. The second-order valence-electron chi connectivity index (χ2n) is 4.93. The second-order valence-corrected chi connectivity index (χ2v) is 4.93. The number of methoxy groups -OCH3 is 1. The van der Waals surface area contributed by atoms with Crippen LogP contribution in [0.3, 0.4) is 0 Å². The highest BCUT2D eigenvalue weighted by atomic mass is 16.5. The molecule has 0 saturated carbocycles. The third-order valence-electron chi connectivity index (χ3n) is 3.56. The second kappa shape index (κ2) is 5.44. The lowest BCUT2D eigenvalue weighted by molar-refractivity contribution is 0.185. The number of phenols is 1. The van der Waals surface area contributed by atoms with Crippen LogP contribution >= 0.6 is 0 Å². The van der Waals surface area contributed by atoms with Gasteiger partial charge in [0, 0.05) is 11.1 Å². The highest BCUT2D eigenvalue weighted by molar-refractivity contribution is 5.69. The normalized spacial score (nSPS) is 10.6. The predicted molar refractivity (Wildman–Crippen MR) is 83.2 cm³/mol. The molecule has 1 aromatic heterocycles. The molecule has 1 heterocycles. The lowest BCUT2D eigenvalue weighted by Gasteiger charge is -2.06. The number of imidazole rings is 1. The summed E-state index contributed by atoms with van der Waals surface area (Å²) in [6, 6.07) is 14.5. The Bertz CT molecular complexity index is 810. The van der Waals surface area contributed by atoms with E-state index in [2.05, 4.69) is 4.98 Å². The minimum absolute atomic E-state index is 0.0438. The zero-order valence-corrected chi connectivity index (χ0v) is 12.3. The van der Waals surface area contributed by atoms with Gasteiger partial charge in [-0.05, 0) is 25.1 Å². The summed E-state index contributed by atoms with van der Waals surface area (Å²) in [5.41, 5.74) is 2.95. The van der Waals surface area contributed by atoms with Crippen LogP contribution in [0.4, 0.5) is 0 Å². The van der Waals surface area contributed by atoms with Gasteiger partial charge in [0.1, 0.15) is 0 Å². The maximum absolute atomic E-state index is 10.3. The summed E-state index contributed by atoms with van der Waals surface area (Å²) in [4.78, 5) is 4.53. The van der Waals surface area contributed by atoms with Crippen molar-refractivity contribution < 1.29 is 15.1 Å². The minimum atomic E-state index is 0.0438. The van der Waals surface area contributed by atoms with Crippen LogP contribution < -0.4 is 4.74 Å². The molecular formula is C17H16N2O3. The van der Waals surface area contributed by atoms with Crippen LogP contribution in [0.15, 0.2) is 48.5 Å². The van der Waals surface area contributed by atoms with Gasteiger partial charge in [-0.2, -0.15) is 4.73 Å². The molecule has 5 nitrogen and oxygen atoms in total. The summed E-state index contributed by atoms with van der Waals surface area (Å²) in [6.45, 7) is 1.80. The van der Waals surface area contributed by atoms with Crippen LogP contribution in [0.25, 0.3) is 22.6 Å². The standard InChI is InChI=1S/C17H16N2O3/c1-11-16(12-6-4-3-5-7-12)18-17(19(11)21)13-8-9-14(20)15(10-13)22-2/h3-10,20-21H,1-2H3. The molecule has 2 aromatic carbocycles. The number of hydrogen-bond donors (Lipinski definition) is 2. The van der Waals surface area contributed by atoms with Gasteiger partial charge in [0.2, 0.25) is 0 Å². The first-order valence-corrected chi connectivity index (χ1v) is 6.83. The van der Waals surface area contributed by atoms with E-state index >= 15 is 0 Å². The van der Waals surface area contributed by atoms with Crippen LogP contribution in [0.5, 0.6) is 11.5 Å². The summed E-state index contributed by atoms with van der Waals surface area (Å²) >= 11 is 0. The number of hydrogen-bond acceptors (Lipinski definition) is 4. The highest BCUT2D eigenvalue weighted by Gasteiger charge is 2.17. The number of phenolic OH excluding ortho intramolecular Hbond substituents is 1. The molecule has 0 aliphatic carbocycles. The molecule has 112 valence electrons. The summed E-state index contributed by atoms with van der Waals surface area (Å²) in [7, 11) is 1.48. The number of aromatic nitrogens is 2. The molecule has 3 rings (SSSR count). The van der Waals surface area contributed by atoms with Crippen LogP contribution in [-0.2, 0) is 0 Å². The molecule has 0 saturated heterocycles. The molecule has 3 aromatic rings. The molecule has 0 fully saturated rings. The molecule has 0 bridgehead atoms. The van der Waals surface area contributed by atoms with Crippen molar-refractivity contribution in [3.63, 3.8) is 0 Å². The first kappa shape index (κ1) is 14.0. The van der Waals surface area contributed by atoms with Crippen LogP contribution in [0.2, 0.25) is 0 Å². The van der Waals surface area contributed by atoms with E-state index in [-0.39, 0.29) is 5.75 Å². The molecule has 0 unspecified atom stereocenters. The van der Waals surface area contributed by atoms with Gasteiger partial charge in [-0.25, -0.2) is 4.98 Å². The van der Waals surface area contributed by atoms with Gasteiger partial charge in [0.25, 0.3) is 0 Å². The van der Waals surface area contributed by atoms with Gasteiger partial charge < -0.3 is 15.1 Å². The molecule has 0 aliphatic heterocycles. The van der Waals surface area contributed by atoms with Crippen molar-refractivity contribution in [1.29, 1.82) is 0 Å². The summed E-state index contributed by atoms with van der Waals surface area (Å²) in [5, 5.41) is 20.0. The van der Waals surface area contributed by atoms with Gasteiger partial charge in [-0.1, -0.05) is 30.3 Å². The van der Waals surface area contributed by atoms with E-state index in [9.17, 15) is 10.3 Å². The SMILES string of the molecule is COc1cc(-c2nc(-c3ccccc3)c(C)n2O)ccc1O. The first-order valence-electron chi connectivity index (χ1n) is 6.83. The third-order valence-corrected chi connectivity index (χ3v) is 3.56. The van der Waals surface area contributed by atoms with Crippen molar-refractivity contribution in [3.05, 3.63) is 54.2 Å². The number of nitrogens with zero attached hydrogens (tertiary/aromatic N) is 2. The summed E-state index contributed by atoms with van der Waals surface area (Å²) < 4.78 is 6.15. The maximum Gasteiger partial charge on any atom is 0.176 e. The van der Waals surface area contributed by atoms with E-state index in [0.717, 1.165) is 10.3 Å². The van der Waals surface area contributed by atoms with E-state index < -0.39 is 0 Å². The first-order chi connectivity index (χ1) is 10.6. The Hall–Kier alpha value is -2.95. The Balaban J connectivity index is 2.13. The zero-order valence-electron chi connectivity index (χ0n) is 12.3. The van der Waals surface area contributed by atoms with Crippen molar-refractivity contribution in [1.82, 2.24) is 9.71 Å². The monoisotopic (exact) mass is 296 g/mol. The number of aromatic hydroxyl groups is 1. The molecular weight excluding hydrogens is 280 g/mol. The van der Waals surface area contributed by atoms with Crippen molar-refractivity contribution in [2.45, 2.75) is 6.92 Å². The van der Waals surface area contributed by atoms with Crippen molar-refractivity contribution in [2.75, 3.05) is 7.11 Å². The van der Waals surface area contributed by atoms with E-state index in [1.54, 1.807) is 19.1 Å². The van der Waals surface area contributed by atoms with Crippen LogP contribution in [0, 0.1) is 6.92 Å². The third kappa shape index (κ3) is 2.26. The molecule has 2 N–H and O–H groups in total. The molecule has 5 heteroatoms. The van der Waals surface area contributed by atoms with E-state index in [4.69, 9.17) is 4.74 Å². The molecule has 0 atom stereocenters. The Morgan fingerprint density at radius 2 is 1.77 bits per heavy atom. The molecule has 0 radical (unpaired) electrons. The average molecular weight is 296 g/mol. The quantitative estimate of drug-likeness (QED) is 0.726. The van der Waals surface area contributed by atoms with Crippen molar-refractivity contribution in [3.8, 4) is 34.1 Å². The van der Waals surface area contributed by atoms with Crippen molar-refractivity contribution in [2.24, 2.45) is 0 Å². The summed E-state index contributed by atoms with van der Waals surface area (Å²) in [6.07, 6.45) is 0. The van der Waals surface area contributed by atoms with Gasteiger partial charge >= 0.3 is 0 Å². The maximum atomic E-state index is 10.3. The van der Waals surface area contributed by atoms with Gasteiger partial charge in [0.05, 0.1) is 18.5 Å². The Morgan fingerprint density at radius 1 is 1.05 bits per heavy atom. The fraction of sp³-hybridized carbons (Fsp3) is 0.118. The lowest BCUT2D eigenvalue weighted by Crippen LogP contribution is -1.97. The van der Waals surface area contributed by atoms with Gasteiger partial charge in [0.15, 0.2) is 17.3 Å². The van der Waals surface area contributed by atoms with E-state index in [1.165, 1.54) is 13.2 Å². The summed E-state index contributed by atoms with van der Waals surface area (Å²) in [5.74, 6) is 0.774. The number of rotatable bonds is 3. The average Bonchev–Trinajstić information content (AvgIpc) is 2.85. The van der Waals surface area contributed by atoms with Crippen molar-refractivity contribution >= 4 is 0 Å². The predicted octanol–water partition coefficient (Wildman–Crippen LogP) is 3.48. The minimum Gasteiger partial charge on any atom is -0.504 e. The Morgan fingerprint density at radius 3 is 2.45 bits per heavy atom. The molecule has 0 amide bonds. The highest BCUT2D eigenvalue weighted by Crippen LogP contribution is 2.33. The lowest BCUT2D eigenvalue weighted by atomic mass is 10.1.